The molecule has 2 aliphatic heterocycles. The Bertz CT molecular complexity index is 1580. The Morgan fingerprint density at radius 3 is 2.54 bits per heavy atom. The highest BCUT2D eigenvalue weighted by atomic mass is 16.5. The highest BCUT2D eigenvalue weighted by Crippen LogP contribution is 2.34. The average molecular weight is 500 g/mol. The lowest BCUT2D eigenvalue weighted by Gasteiger charge is -2.41. The van der Waals surface area contributed by atoms with Gasteiger partial charge in [0.05, 0.1) is 42.4 Å². The van der Waals surface area contributed by atoms with E-state index in [-0.39, 0.29) is 18.1 Å². The van der Waals surface area contributed by atoms with Crippen molar-refractivity contribution in [3.63, 3.8) is 0 Å². The number of aromatic amines is 1. The Hall–Kier alpha value is -3.38. The average Bonchev–Trinajstić information content (AvgIpc) is 3.31. The number of benzene rings is 2. The molecule has 8 heteroatoms. The Morgan fingerprint density at radius 2 is 1.86 bits per heavy atom. The molecule has 0 radical (unpaired) electrons. The van der Waals surface area contributed by atoms with Crippen LogP contribution in [0.4, 0.5) is 5.69 Å². The molecule has 4 heterocycles. The van der Waals surface area contributed by atoms with E-state index in [0.29, 0.717) is 22.4 Å². The van der Waals surface area contributed by atoms with Crippen LogP contribution in [0.15, 0.2) is 35.1 Å². The minimum atomic E-state index is -0.118. The summed E-state index contributed by atoms with van der Waals surface area (Å²) in [6.07, 6.45) is 2.14. The minimum absolute atomic E-state index is 0.0508. The molecule has 8 nitrogen and oxygen atoms in total. The van der Waals surface area contributed by atoms with Gasteiger partial charge >= 0.3 is 0 Å². The molecule has 2 N–H and O–H groups in total. The van der Waals surface area contributed by atoms with Gasteiger partial charge in [0.25, 0.3) is 0 Å². The van der Waals surface area contributed by atoms with Gasteiger partial charge in [-0.25, -0.2) is 0 Å². The molecule has 0 bridgehead atoms. The van der Waals surface area contributed by atoms with Crippen molar-refractivity contribution in [2.45, 2.75) is 45.4 Å². The van der Waals surface area contributed by atoms with Crippen LogP contribution in [-0.2, 0) is 11.3 Å². The number of rotatable bonds is 4. The van der Waals surface area contributed by atoms with E-state index in [0.717, 1.165) is 85.6 Å². The van der Waals surface area contributed by atoms with Gasteiger partial charge in [-0.15, -0.1) is 0 Å². The summed E-state index contributed by atoms with van der Waals surface area (Å²) in [5.74, 6) is 0. The second-order valence-corrected chi connectivity index (χ2v) is 10.5. The smallest absolute Gasteiger partial charge is 0.199 e. The number of fused-ring (bicyclic) bond motifs is 4. The van der Waals surface area contributed by atoms with Crippen LogP contribution in [0.5, 0.6) is 0 Å². The van der Waals surface area contributed by atoms with E-state index in [1.807, 2.05) is 12.1 Å². The number of aliphatic hydroxyl groups is 1. The molecule has 4 aromatic rings. The Balaban J connectivity index is 1.48. The highest BCUT2D eigenvalue weighted by Gasteiger charge is 2.28. The van der Waals surface area contributed by atoms with Crippen LogP contribution in [0.25, 0.3) is 32.8 Å². The summed E-state index contributed by atoms with van der Waals surface area (Å²) in [5.41, 5.74) is 4.71. The summed E-state index contributed by atoms with van der Waals surface area (Å²) in [5, 5.41) is 21.8. The molecule has 0 saturated carbocycles. The third-order valence-electron chi connectivity index (χ3n) is 8.13. The topological polar surface area (TPSA) is 97.5 Å². The molecule has 37 heavy (non-hydrogen) atoms. The Kier molecular flexibility index (Phi) is 6.15. The van der Waals surface area contributed by atoms with Gasteiger partial charge in [0.15, 0.2) is 5.43 Å². The first kappa shape index (κ1) is 24.0. The minimum Gasteiger partial charge on any atom is -0.392 e. The second-order valence-electron chi connectivity index (χ2n) is 10.5. The number of aliphatic hydroxyl groups excluding tert-OH is 1. The molecule has 2 saturated heterocycles. The van der Waals surface area contributed by atoms with Crippen molar-refractivity contribution in [2.75, 3.05) is 44.3 Å². The zero-order valence-electron chi connectivity index (χ0n) is 21.5. The van der Waals surface area contributed by atoms with Gasteiger partial charge in [-0.2, -0.15) is 5.26 Å². The molecule has 2 aromatic carbocycles. The number of piperidine rings is 1. The molecule has 2 fully saturated rings. The number of pyridine rings is 1. The fourth-order valence-corrected chi connectivity index (χ4v) is 6.29. The quantitative estimate of drug-likeness (QED) is 0.442. The SMILES string of the molecule is CC(C)n1c2cc(N3CCC(N4CCOCC4)CC3)c(CO)cc2c(=O)c2c3ccc(C#N)cc3[nH]c21. The number of morpholine rings is 1. The fourth-order valence-electron chi connectivity index (χ4n) is 6.29. The van der Waals surface area contributed by atoms with Crippen LogP contribution < -0.4 is 10.3 Å². The maximum Gasteiger partial charge on any atom is 0.199 e. The first-order valence-electron chi connectivity index (χ1n) is 13.2. The molecular weight excluding hydrogens is 466 g/mol. The number of hydrogen-bond donors (Lipinski definition) is 2. The maximum absolute atomic E-state index is 13.9. The second kappa shape index (κ2) is 9.49. The molecular formula is C29H33N5O3. The number of hydrogen-bond acceptors (Lipinski definition) is 6. The first-order chi connectivity index (χ1) is 18.0. The Labute approximate surface area is 215 Å². The molecule has 0 unspecified atom stereocenters. The zero-order chi connectivity index (χ0) is 25.7. The molecule has 0 atom stereocenters. The van der Waals surface area contributed by atoms with E-state index in [2.05, 4.69) is 45.3 Å². The zero-order valence-corrected chi connectivity index (χ0v) is 21.5. The Morgan fingerprint density at radius 1 is 1.11 bits per heavy atom. The summed E-state index contributed by atoms with van der Waals surface area (Å²) in [6, 6.07) is 12.2. The number of nitrogens with one attached hydrogen (secondary N) is 1. The van der Waals surface area contributed by atoms with Crippen LogP contribution in [0, 0.1) is 11.3 Å². The number of ether oxygens (including phenoxy) is 1. The molecule has 2 aliphatic rings. The summed E-state index contributed by atoms with van der Waals surface area (Å²) in [4.78, 5) is 22.2. The van der Waals surface area contributed by atoms with Gasteiger partial charge in [-0.3, -0.25) is 9.69 Å². The van der Waals surface area contributed by atoms with Crippen LogP contribution in [0.2, 0.25) is 0 Å². The van der Waals surface area contributed by atoms with Gasteiger partial charge in [-0.1, -0.05) is 6.07 Å². The molecule has 0 amide bonds. The van der Waals surface area contributed by atoms with Crippen molar-refractivity contribution in [2.24, 2.45) is 0 Å². The van der Waals surface area contributed by atoms with Crippen molar-refractivity contribution in [3.8, 4) is 6.07 Å². The van der Waals surface area contributed by atoms with Gasteiger partial charge in [-0.05, 0) is 51.0 Å². The maximum atomic E-state index is 13.9. The fraction of sp³-hybridized carbons (Fsp3) is 0.448. The van der Waals surface area contributed by atoms with Crippen LogP contribution >= 0.6 is 0 Å². The number of anilines is 1. The third kappa shape index (κ3) is 3.98. The van der Waals surface area contributed by atoms with Crippen molar-refractivity contribution in [1.29, 1.82) is 5.26 Å². The van der Waals surface area contributed by atoms with Crippen molar-refractivity contribution >= 4 is 38.5 Å². The van der Waals surface area contributed by atoms with E-state index in [1.165, 1.54) is 0 Å². The van der Waals surface area contributed by atoms with Gasteiger partial charge < -0.3 is 24.3 Å². The van der Waals surface area contributed by atoms with E-state index in [9.17, 15) is 15.2 Å². The standard InChI is InChI=1S/C29H33N5O3/c1-18(2)34-26-15-25(33-7-5-21(6-8-33)32-9-11-37-12-10-32)20(17-35)14-23(26)28(36)27-22-4-3-19(16-30)13-24(22)31-29(27)34/h3-4,13-15,18,21,31,35H,5-12,17H2,1-2H3. The van der Waals surface area contributed by atoms with Gasteiger partial charge in [0.2, 0.25) is 0 Å². The van der Waals surface area contributed by atoms with Gasteiger partial charge in [0, 0.05) is 65.8 Å². The number of nitriles is 1. The monoisotopic (exact) mass is 499 g/mol. The van der Waals surface area contributed by atoms with E-state index >= 15 is 0 Å². The lowest BCUT2D eigenvalue weighted by atomic mass is 9.99. The predicted molar refractivity (Wildman–Crippen MR) is 146 cm³/mol. The van der Waals surface area contributed by atoms with E-state index in [1.54, 1.807) is 12.1 Å². The summed E-state index contributed by atoms with van der Waals surface area (Å²) < 4.78 is 7.71. The normalized spacial score (nSPS) is 17.9. The first-order valence-corrected chi connectivity index (χ1v) is 13.2. The van der Waals surface area contributed by atoms with Crippen LogP contribution in [0.3, 0.4) is 0 Å². The van der Waals surface area contributed by atoms with Crippen LogP contribution in [0.1, 0.15) is 43.9 Å². The highest BCUT2D eigenvalue weighted by molar-refractivity contribution is 6.10. The lowest BCUT2D eigenvalue weighted by Crippen LogP contribution is -2.49. The van der Waals surface area contributed by atoms with E-state index in [4.69, 9.17) is 4.74 Å². The molecule has 2 aromatic heterocycles. The number of nitrogens with zero attached hydrogens (tertiary/aromatic N) is 4. The van der Waals surface area contributed by atoms with Crippen LogP contribution in [-0.4, -0.2) is 65.0 Å². The third-order valence-corrected chi connectivity index (χ3v) is 8.13. The van der Waals surface area contributed by atoms with Gasteiger partial charge in [0.1, 0.15) is 5.65 Å². The number of H-pyrrole nitrogens is 1. The van der Waals surface area contributed by atoms with Crippen molar-refractivity contribution in [3.05, 3.63) is 51.7 Å². The number of aromatic nitrogens is 2. The summed E-state index contributed by atoms with van der Waals surface area (Å²) in [7, 11) is 0. The van der Waals surface area contributed by atoms with Crippen molar-refractivity contribution < 1.29 is 9.84 Å². The summed E-state index contributed by atoms with van der Waals surface area (Å²) in [6.45, 7) is 9.56. The molecule has 0 aliphatic carbocycles. The lowest BCUT2D eigenvalue weighted by molar-refractivity contribution is 0.0115. The largest absolute Gasteiger partial charge is 0.392 e. The molecule has 0 spiro atoms. The predicted octanol–water partition coefficient (Wildman–Crippen LogP) is 3.88. The molecule has 6 rings (SSSR count). The van der Waals surface area contributed by atoms with Crippen molar-refractivity contribution in [1.82, 2.24) is 14.5 Å². The van der Waals surface area contributed by atoms with E-state index < -0.39 is 0 Å². The molecule has 192 valence electrons. The summed E-state index contributed by atoms with van der Waals surface area (Å²) >= 11 is 0.